The van der Waals surface area contributed by atoms with Crippen LogP contribution in [0.5, 0.6) is 11.5 Å². The molecule has 1 aliphatic rings. The van der Waals surface area contributed by atoms with Crippen LogP contribution >= 0.6 is 0 Å². The Morgan fingerprint density at radius 2 is 1.80 bits per heavy atom. The molecule has 3 rings (SSSR count). The molecular formula is C24H29F3N2O6. The summed E-state index contributed by atoms with van der Waals surface area (Å²) in [6.07, 6.45) is -3.11. The Labute approximate surface area is 201 Å². The molecule has 35 heavy (non-hydrogen) atoms. The summed E-state index contributed by atoms with van der Waals surface area (Å²) >= 11 is 0. The summed E-state index contributed by atoms with van der Waals surface area (Å²) in [6.45, 7) is 8.32. The maximum Gasteiger partial charge on any atom is 0.573 e. The number of esters is 1. The van der Waals surface area contributed by atoms with Crippen molar-refractivity contribution in [2.24, 2.45) is 0 Å². The van der Waals surface area contributed by atoms with E-state index in [1.165, 1.54) is 31.5 Å². The van der Waals surface area contributed by atoms with Gasteiger partial charge in [-0.2, -0.15) is 0 Å². The van der Waals surface area contributed by atoms with Crippen LogP contribution in [0.3, 0.4) is 0 Å². The van der Waals surface area contributed by atoms with Gasteiger partial charge in [0.1, 0.15) is 5.56 Å². The van der Waals surface area contributed by atoms with Crippen molar-refractivity contribution in [3.63, 3.8) is 0 Å². The molecule has 0 bridgehead atoms. The third-order valence-electron chi connectivity index (χ3n) is 5.30. The number of hydrogen-bond donors (Lipinski definition) is 0. The Balaban J connectivity index is 2.18. The number of nitrogens with zero attached hydrogens (tertiary/aromatic N) is 2. The quantitative estimate of drug-likeness (QED) is 0.398. The van der Waals surface area contributed by atoms with E-state index in [4.69, 9.17) is 14.2 Å². The van der Waals surface area contributed by atoms with Crippen molar-refractivity contribution in [2.75, 3.05) is 31.9 Å². The third kappa shape index (κ3) is 6.08. The van der Waals surface area contributed by atoms with E-state index in [1.807, 2.05) is 25.8 Å². The Bertz CT molecular complexity index is 1140. The van der Waals surface area contributed by atoms with Crippen LogP contribution in [0, 0.1) is 0 Å². The Hall–Kier alpha value is -3.21. The minimum Gasteiger partial charge on any atom is -0.490 e. The average molecular weight is 498 g/mol. The predicted molar refractivity (Wildman–Crippen MR) is 122 cm³/mol. The molecule has 0 spiro atoms. The standard InChI is InChI=1S/C24H29F3N2O6/c1-6-33-22(31)17-14-28-18(12-19(17)30)16-11-21(35-24(25,26)27)20(34-9-7-8-32-5)10-15(16)13-29(28)23(2,3)4/h10-12,14H,6-9,13H2,1-5H3. The van der Waals surface area contributed by atoms with Gasteiger partial charge in [0.05, 0.1) is 25.5 Å². The lowest BCUT2D eigenvalue weighted by molar-refractivity contribution is -0.275. The van der Waals surface area contributed by atoms with Crippen LogP contribution in [0.2, 0.25) is 0 Å². The smallest absolute Gasteiger partial charge is 0.490 e. The monoisotopic (exact) mass is 498 g/mol. The van der Waals surface area contributed by atoms with Gasteiger partial charge in [-0.05, 0) is 45.4 Å². The van der Waals surface area contributed by atoms with Crippen molar-refractivity contribution in [3.05, 3.63) is 45.7 Å². The number of rotatable bonds is 8. The second-order valence-corrected chi connectivity index (χ2v) is 8.93. The van der Waals surface area contributed by atoms with Crippen molar-refractivity contribution in [1.82, 2.24) is 4.68 Å². The summed E-state index contributed by atoms with van der Waals surface area (Å²) in [4.78, 5) is 25.1. The number of hydrogen-bond acceptors (Lipinski definition) is 7. The van der Waals surface area contributed by atoms with Gasteiger partial charge >= 0.3 is 12.3 Å². The fourth-order valence-electron chi connectivity index (χ4n) is 3.76. The number of ether oxygens (including phenoxy) is 4. The molecule has 0 amide bonds. The SMILES string of the molecule is CCOC(=O)c1cn2c(cc1=O)-c1cc(OC(F)(F)F)c(OCCCOC)cc1CN2C(C)(C)C. The van der Waals surface area contributed by atoms with Crippen molar-refractivity contribution >= 4 is 5.97 Å². The number of alkyl halides is 3. The van der Waals surface area contributed by atoms with Gasteiger partial charge in [-0.15, -0.1) is 13.2 Å². The number of pyridine rings is 1. The zero-order valence-corrected chi connectivity index (χ0v) is 20.3. The lowest BCUT2D eigenvalue weighted by atomic mass is 9.97. The lowest BCUT2D eigenvalue weighted by Gasteiger charge is -2.44. The van der Waals surface area contributed by atoms with E-state index >= 15 is 0 Å². The van der Waals surface area contributed by atoms with Gasteiger partial charge in [-0.1, -0.05) is 0 Å². The predicted octanol–water partition coefficient (Wildman–Crippen LogP) is 4.26. The summed E-state index contributed by atoms with van der Waals surface area (Å²) in [5.74, 6) is -1.36. The molecule has 0 saturated carbocycles. The molecule has 0 fully saturated rings. The molecule has 0 aliphatic carbocycles. The second-order valence-electron chi connectivity index (χ2n) is 8.93. The van der Waals surface area contributed by atoms with E-state index in [0.29, 0.717) is 29.8 Å². The molecule has 1 aromatic heterocycles. The summed E-state index contributed by atoms with van der Waals surface area (Å²) in [7, 11) is 1.52. The van der Waals surface area contributed by atoms with Crippen LogP contribution in [-0.2, 0) is 16.0 Å². The molecule has 1 aromatic carbocycles. The zero-order valence-electron chi connectivity index (χ0n) is 20.3. The molecule has 0 atom stereocenters. The van der Waals surface area contributed by atoms with Gasteiger partial charge in [0.25, 0.3) is 0 Å². The van der Waals surface area contributed by atoms with Crippen LogP contribution < -0.4 is 19.9 Å². The number of halogens is 3. The van der Waals surface area contributed by atoms with Crippen molar-refractivity contribution in [1.29, 1.82) is 0 Å². The molecule has 1 aliphatic heterocycles. The number of methoxy groups -OCH3 is 1. The van der Waals surface area contributed by atoms with Crippen LogP contribution in [-0.4, -0.2) is 49.5 Å². The molecule has 0 saturated heterocycles. The topological polar surface area (TPSA) is 79.2 Å². The first-order valence-corrected chi connectivity index (χ1v) is 11.1. The summed E-state index contributed by atoms with van der Waals surface area (Å²) in [5, 5.41) is 1.89. The fourth-order valence-corrected chi connectivity index (χ4v) is 3.76. The first kappa shape index (κ1) is 26.4. The number of carbonyl (C=O) groups excluding carboxylic acids is 1. The summed E-state index contributed by atoms with van der Waals surface area (Å²) in [6, 6.07) is 3.93. The van der Waals surface area contributed by atoms with Crippen LogP contribution in [0.1, 0.15) is 50.0 Å². The number of fused-ring (bicyclic) bond motifs is 3. The van der Waals surface area contributed by atoms with E-state index in [1.54, 1.807) is 11.6 Å². The van der Waals surface area contributed by atoms with E-state index in [-0.39, 0.29) is 31.1 Å². The fraction of sp³-hybridized carbons (Fsp3) is 0.500. The lowest BCUT2D eigenvalue weighted by Crippen LogP contribution is -2.51. The molecule has 0 radical (unpaired) electrons. The molecule has 2 aromatic rings. The average Bonchev–Trinajstić information content (AvgIpc) is 2.74. The number of aromatic nitrogens is 1. The maximum absolute atomic E-state index is 13.2. The highest BCUT2D eigenvalue weighted by molar-refractivity contribution is 5.89. The first-order valence-electron chi connectivity index (χ1n) is 11.1. The van der Waals surface area contributed by atoms with E-state index in [9.17, 15) is 22.8 Å². The Morgan fingerprint density at radius 1 is 1.09 bits per heavy atom. The molecule has 0 unspecified atom stereocenters. The van der Waals surface area contributed by atoms with Crippen molar-refractivity contribution in [3.8, 4) is 22.8 Å². The Kier molecular flexibility index (Phi) is 7.68. The maximum atomic E-state index is 13.2. The first-order chi connectivity index (χ1) is 16.4. The van der Waals surface area contributed by atoms with Gasteiger partial charge in [-0.3, -0.25) is 9.47 Å². The highest BCUT2D eigenvalue weighted by atomic mass is 19.4. The van der Waals surface area contributed by atoms with Crippen molar-refractivity contribution < 1.29 is 36.9 Å². The second kappa shape index (κ2) is 10.2. The molecule has 2 heterocycles. The molecule has 8 nitrogen and oxygen atoms in total. The minimum absolute atomic E-state index is 0.0648. The van der Waals surface area contributed by atoms with Gasteiger partial charge in [-0.25, -0.2) is 4.79 Å². The van der Waals surface area contributed by atoms with Gasteiger partial charge in [0.2, 0.25) is 0 Å². The largest absolute Gasteiger partial charge is 0.573 e. The molecule has 0 N–H and O–H groups in total. The van der Waals surface area contributed by atoms with Gasteiger partial charge in [0, 0.05) is 43.5 Å². The van der Waals surface area contributed by atoms with Crippen molar-refractivity contribution in [2.45, 2.75) is 52.6 Å². The number of benzene rings is 1. The highest BCUT2D eigenvalue weighted by Crippen LogP contribution is 2.41. The minimum atomic E-state index is -4.95. The molecule has 11 heteroatoms. The molecule has 192 valence electrons. The number of carbonyl (C=O) groups is 1. The van der Waals surface area contributed by atoms with E-state index in [2.05, 4.69) is 4.74 Å². The van der Waals surface area contributed by atoms with E-state index < -0.39 is 29.0 Å². The van der Waals surface area contributed by atoms with Crippen LogP contribution in [0.4, 0.5) is 13.2 Å². The zero-order chi connectivity index (χ0) is 26.0. The summed E-state index contributed by atoms with van der Waals surface area (Å²) < 4.78 is 61.0. The normalized spacial score (nSPS) is 13.2. The Morgan fingerprint density at radius 3 is 2.40 bits per heavy atom. The highest BCUT2D eigenvalue weighted by Gasteiger charge is 2.35. The molecular weight excluding hydrogens is 469 g/mol. The third-order valence-corrected chi connectivity index (χ3v) is 5.30. The van der Waals surface area contributed by atoms with Crippen LogP contribution in [0.15, 0.2) is 29.2 Å². The van der Waals surface area contributed by atoms with Gasteiger partial charge in [0.15, 0.2) is 16.9 Å². The summed E-state index contributed by atoms with van der Waals surface area (Å²) in [5.41, 5.74) is 0.0690. The van der Waals surface area contributed by atoms with E-state index in [0.717, 1.165) is 0 Å². The van der Waals surface area contributed by atoms with Crippen LogP contribution in [0.25, 0.3) is 11.3 Å². The van der Waals surface area contributed by atoms with Gasteiger partial charge < -0.3 is 24.0 Å².